The summed E-state index contributed by atoms with van der Waals surface area (Å²) in [5.41, 5.74) is 1.71. The highest BCUT2D eigenvalue weighted by atomic mass is 79.9. The van der Waals surface area contributed by atoms with Crippen LogP contribution in [0.1, 0.15) is 25.3 Å². The summed E-state index contributed by atoms with van der Waals surface area (Å²) in [6.07, 6.45) is 4.51. The van der Waals surface area contributed by atoms with Crippen molar-refractivity contribution in [1.29, 1.82) is 0 Å². The number of nitrogens with zero attached hydrogens (tertiary/aromatic N) is 2. The van der Waals surface area contributed by atoms with Crippen molar-refractivity contribution in [3.63, 3.8) is 0 Å². The zero-order valence-electron chi connectivity index (χ0n) is 13.8. The van der Waals surface area contributed by atoms with Crippen molar-refractivity contribution in [1.82, 2.24) is 4.98 Å². The van der Waals surface area contributed by atoms with Gasteiger partial charge in [0.1, 0.15) is 5.82 Å². The number of anilines is 2. The minimum Gasteiger partial charge on any atom is -0.357 e. The van der Waals surface area contributed by atoms with Gasteiger partial charge in [0.05, 0.1) is 18.3 Å². The van der Waals surface area contributed by atoms with Crippen molar-refractivity contribution in [2.75, 3.05) is 23.3 Å². The average Bonchev–Trinajstić information content (AvgIpc) is 2.58. The first-order chi connectivity index (χ1) is 11.6. The molecule has 1 amide bonds. The maximum absolute atomic E-state index is 12.2. The molecule has 24 heavy (non-hydrogen) atoms. The Bertz CT molecular complexity index is 694. The largest absolute Gasteiger partial charge is 0.357 e. The van der Waals surface area contributed by atoms with Crippen molar-refractivity contribution in [2.24, 2.45) is 5.92 Å². The molecule has 1 N–H and O–H groups in total. The molecular formula is C19H22BrN3O. The first-order valence-electron chi connectivity index (χ1n) is 8.36. The highest BCUT2D eigenvalue weighted by Crippen LogP contribution is 2.22. The molecule has 1 aromatic carbocycles. The molecule has 4 nitrogen and oxygen atoms in total. The fraction of sp³-hybridized carbons (Fsp3) is 0.368. The summed E-state index contributed by atoms with van der Waals surface area (Å²) in [5, 5.41) is 2.91. The van der Waals surface area contributed by atoms with Gasteiger partial charge in [0, 0.05) is 17.6 Å². The molecule has 1 aliphatic rings. The number of piperidine rings is 1. The van der Waals surface area contributed by atoms with Gasteiger partial charge in [-0.1, -0.05) is 41.1 Å². The molecule has 3 rings (SSSR count). The van der Waals surface area contributed by atoms with Gasteiger partial charge >= 0.3 is 0 Å². The van der Waals surface area contributed by atoms with Gasteiger partial charge in [0.15, 0.2) is 0 Å². The summed E-state index contributed by atoms with van der Waals surface area (Å²) < 4.78 is 0.952. The van der Waals surface area contributed by atoms with Crippen molar-refractivity contribution in [2.45, 2.75) is 26.2 Å². The molecule has 126 valence electrons. The van der Waals surface area contributed by atoms with Crippen molar-refractivity contribution in [3.8, 4) is 0 Å². The summed E-state index contributed by atoms with van der Waals surface area (Å²) in [5.74, 6) is 1.76. The van der Waals surface area contributed by atoms with E-state index in [1.54, 1.807) is 6.20 Å². The second-order valence-corrected chi connectivity index (χ2v) is 7.25. The Morgan fingerprint density at radius 1 is 1.25 bits per heavy atom. The normalized spacial score (nSPS) is 15.3. The van der Waals surface area contributed by atoms with Crippen LogP contribution in [0.25, 0.3) is 0 Å². The Morgan fingerprint density at radius 3 is 2.67 bits per heavy atom. The van der Waals surface area contributed by atoms with Crippen molar-refractivity contribution >= 4 is 33.3 Å². The zero-order valence-corrected chi connectivity index (χ0v) is 15.4. The topological polar surface area (TPSA) is 45.2 Å². The maximum Gasteiger partial charge on any atom is 0.228 e. The first-order valence-corrected chi connectivity index (χ1v) is 9.15. The molecule has 1 saturated heterocycles. The van der Waals surface area contributed by atoms with Gasteiger partial charge in [-0.25, -0.2) is 4.98 Å². The van der Waals surface area contributed by atoms with Crippen LogP contribution in [-0.4, -0.2) is 24.0 Å². The van der Waals surface area contributed by atoms with Crippen LogP contribution in [0.3, 0.4) is 0 Å². The van der Waals surface area contributed by atoms with E-state index in [0.29, 0.717) is 6.42 Å². The summed E-state index contributed by atoms with van der Waals surface area (Å²) in [4.78, 5) is 19.0. The van der Waals surface area contributed by atoms with E-state index in [9.17, 15) is 4.79 Å². The first kappa shape index (κ1) is 17.0. The van der Waals surface area contributed by atoms with Gasteiger partial charge in [0.2, 0.25) is 5.91 Å². The van der Waals surface area contributed by atoms with E-state index >= 15 is 0 Å². The lowest BCUT2D eigenvalue weighted by Crippen LogP contribution is -2.33. The predicted octanol–water partition coefficient (Wildman–Crippen LogP) is 4.26. The number of amides is 1. The van der Waals surface area contributed by atoms with Gasteiger partial charge in [-0.2, -0.15) is 0 Å². The Balaban J connectivity index is 1.58. The van der Waals surface area contributed by atoms with Gasteiger partial charge in [-0.05, 0) is 42.5 Å². The number of hydrogen-bond acceptors (Lipinski definition) is 3. The van der Waals surface area contributed by atoms with Crippen LogP contribution in [0, 0.1) is 5.92 Å². The van der Waals surface area contributed by atoms with Crippen LogP contribution < -0.4 is 10.2 Å². The summed E-state index contributed by atoms with van der Waals surface area (Å²) in [6.45, 7) is 4.41. The number of benzene rings is 1. The third-order valence-corrected chi connectivity index (χ3v) is 5.22. The number of hydrogen-bond donors (Lipinski definition) is 1. The zero-order chi connectivity index (χ0) is 16.9. The van der Waals surface area contributed by atoms with E-state index in [0.717, 1.165) is 40.5 Å². The molecular weight excluding hydrogens is 366 g/mol. The van der Waals surface area contributed by atoms with Crippen LogP contribution in [0.5, 0.6) is 0 Å². The van der Waals surface area contributed by atoms with Crippen LogP contribution in [0.2, 0.25) is 0 Å². The molecule has 1 fully saturated rings. The summed E-state index contributed by atoms with van der Waals surface area (Å²) >= 11 is 3.47. The second kappa shape index (κ2) is 7.79. The second-order valence-electron chi connectivity index (χ2n) is 6.39. The molecule has 0 spiro atoms. The lowest BCUT2D eigenvalue weighted by molar-refractivity contribution is -0.115. The number of carbonyl (C=O) groups excluding carboxylic acids is 1. The lowest BCUT2D eigenvalue weighted by Gasteiger charge is -2.31. The number of rotatable bonds is 4. The molecule has 5 heteroatoms. The molecule has 0 bridgehead atoms. The van der Waals surface area contributed by atoms with E-state index in [4.69, 9.17) is 0 Å². The average molecular weight is 388 g/mol. The molecule has 2 aromatic rings. The van der Waals surface area contributed by atoms with Gasteiger partial charge in [-0.3, -0.25) is 4.79 Å². The van der Waals surface area contributed by atoms with Gasteiger partial charge < -0.3 is 10.2 Å². The summed E-state index contributed by atoms with van der Waals surface area (Å²) in [7, 11) is 0. The smallest absolute Gasteiger partial charge is 0.228 e. The van der Waals surface area contributed by atoms with Gasteiger partial charge in [0.25, 0.3) is 0 Å². The van der Waals surface area contributed by atoms with E-state index in [1.807, 2.05) is 36.4 Å². The third-order valence-electron chi connectivity index (χ3n) is 4.45. The minimum atomic E-state index is -0.0387. The quantitative estimate of drug-likeness (QED) is 0.851. The fourth-order valence-electron chi connectivity index (χ4n) is 2.90. The number of halogens is 1. The number of nitrogens with one attached hydrogen (secondary N) is 1. The Morgan fingerprint density at radius 2 is 2.00 bits per heavy atom. The third kappa shape index (κ3) is 4.35. The molecule has 1 aromatic heterocycles. The predicted molar refractivity (Wildman–Crippen MR) is 101 cm³/mol. The Kier molecular flexibility index (Phi) is 5.51. The molecule has 1 aliphatic heterocycles. The van der Waals surface area contributed by atoms with Crippen LogP contribution >= 0.6 is 15.9 Å². The fourth-order valence-corrected chi connectivity index (χ4v) is 3.33. The van der Waals surface area contributed by atoms with Crippen molar-refractivity contribution < 1.29 is 4.79 Å². The Hall–Kier alpha value is -1.88. The van der Waals surface area contributed by atoms with Crippen molar-refractivity contribution in [3.05, 3.63) is 52.6 Å². The highest BCUT2D eigenvalue weighted by Gasteiger charge is 2.16. The van der Waals surface area contributed by atoms with Gasteiger partial charge in [-0.15, -0.1) is 0 Å². The van der Waals surface area contributed by atoms with Crippen LogP contribution in [0.4, 0.5) is 11.5 Å². The molecule has 0 atom stereocenters. The molecule has 0 unspecified atom stereocenters. The molecule has 0 radical (unpaired) electrons. The van der Waals surface area contributed by atoms with Crippen LogP contribution in [-0.2, 0) is 11.2 Å². The minimum absolute atomic E-state index is 0.0387. The lowest BCUT2D eigenvalue weighted by atomic mass is 9.99. The van der Waals surface area contributed by atoms with E-state index in [-0.39, 0.29) is 5.91 Å². The molecule has 0 aliphatic carbocycles. The van der Waals surface area contributed by atoms with E-state index in [1.165, 1.54) is 12.8 Å². The number of carbonyl (C=O) groups is 1. The summed E-state index contributed by atoms with van der Waals surface area (Å²) in [6, 6.07) is 11.7. The monoisotopic (exact) mass is 387 g/mol. The number of pyridine rings is 1. The van der Waals surface area contributed by atoms with Crippen LogP contribution in [0.15, 0.2) is 47.1 Å². The van der Waals surface area contributed by atoms with E-state index in [2.05, 4.69) is 38.1 Å². The molecule has 0 saturated carbocycles. The highest BCUT2D eigenvalue weighted by molar-refractivity contribution is 9.10. The number of aromatic nitrogens is 1. The maximum atomic E-state index is 12.2. The SMILES string of the molecule is CC1CCN(c2ccc(NC(=O)Cc3ccccc3Br)cn2)CC1. The standard InChI is InChI=1S/C19H22BrN3O/c1-14-8-10-23(11-9-14)18-7-6-16(13-21-18)22-19(24)12-15-4-2-3-5-17(15)20/h2-7,13-14H,8-12H2,1H3,(H,22,24). The Labute approximate surface area is 151 Å². The van der Waals surface area contributed by atoms with E-state index < -0.39 is 0 Å². The molecule has 2 heterocycles.